The van der Waals surface area contributed by atoms with Gasteiger partial charge in [-0.1, -0.05) is 6.92 Å². The molecule has 0 aromatic rings. The molecule has 0 bridgehead atoms. The van der Waals surface area contributed by atoms with Crippen molar-refractivity contribution in [2.75, 3.05) is 11.5 Å². The number of carbonyl (C=O) groups excluding carboxylic acids is 1. The average molecular weight is 296 g/mol. The molecule has 0 aliphatic heterocycles. The van der Waals surface area contributed by atoms with Crippen LogP contribution in [0.3, 0.4) is 0 Å². The third-order valence-electron chi connectivity index (χ3n) is 2.23. The van der Waals surface area contributed by atoms with Gasteiger partial charge in [-0.2, -0.15) is 11.8 Å². The molecule has 0 aromatic heterocycles. The standard InChI is InChI=1S/C10H16O8S/c1-3-19-5-4-6(7(11)12)17-9(15)10(2,18-16)8(13)14/h6,16H,3-5H2,1-2H3,(H,11,12)(H,13,14). The van der Waals surface area contributed by atoms with Gasteiger partial charge in [0.05, 0.1) is 0 Å². The minimum Gasteiger partial charge on any atom is -0.479 e. The Morgan fingerprint density at radius 3 is 2.26 bits per heavy atom. The number of esters is 1. The summed E-state index contributed by atoms with van der Waals surface area (Å²) in [6.45, 7) is 2.64. The molecule has 0 saturated heterocycles. The van der Waals surface area contributed by atoms with Gasteiger partial charge in [-0.15, -0.1) is 0 Å². The second kappa shape index (κ2) is 7.97. The van der Waals surface area contributed by atoms with Gasteiger partial charge in [0.15, 0.2) is 6.10 Å². The minimum atomic E-state index is -2.65. The van der Waals surface area contributed by atoms with E-state index in [2.05, 4.69) is 9.62 Å². The Labute approximate surface area is 113 Å². The number of carbonyl (C=O) groups is 3. The number of ether oxygens (including phenoxy) is 1. The molecule has 0 aromatic carbocycles. The average Bonchev–Trinajstić information content (AvgIpc) is 2.35. The number of carboxylic acids is 2. The van der Waals surface area contributed by atoms with Crippen LogP contribution in [0.15, 0.2) is 0 Å². The summed E-state index contributed by atoms with van der Waals surface area (Å²) in [4.78, 5) is 36.8. The van der Waals surface area contributed by atoms with E-state index >= 15 is 0 Å². The van der Waals surface area contributed by atoms with Crippen LogP contribution in [0.4, 0.5) is 0 Å². The zero-order valence-electron chi connectivity index (χ0n) is 10.5. The van der Waals surface area contributed by atoms with E-state index in [-0.39, 0.29) is 6.42 Å². The predicted octanol–water partition coefficient (Wildman–Crippen LogP) is 0.459. The van der Waals surface area contributed by atoms with Crippen molar-refractivity contribution in [2.45, 2.75) is 32.0 Å². The fraction of sp³-hybridized carbons (Fsp3) is 0.700. The summed E-state index contributed by atoms with van der Waals surface area (Å²) in [7, 11) is 0. The van der Waals surface area contributed by atoms with Gasteiger partial charge in [-0.05, 0) is 18.4 Å². The maximum atomic E-state index is 11.5. The molecule has 0 aliphatic carbocycles. The first-order chi connectivity index (χ1) is 8.79. The molecule has 9 heteroatoms. The van der Waals surface area contributed by atoms with Crippen LogP contribution in [-0.2, 0) is 24.0 Å². The van der Waals surface area contributed by atoms with Crippen LogP contribution in [0.2, 0.25) is 0 Å². The molecule has 0 amide bonds. The van der Waals surface area contributed by atoms with Crippen LogP contribution >= 0.6 is 11.8 Å². The second-order valence-corrected chi connectivity index (χ2v) is 5.04. The Morgan fingerprint density at radius 2 is 1.89 bits per heavy atom. The van der Waals surface area contributed by atoms with Crippen molar-refractivity contribution in [1.29, 1.82) is 0 Å². The largest absolute Gasteiger partial charge is 0.479 e. The van der Waals surface area contributed by atoms with Crippen molar-refractivity contribution in [1.82, 2.24) is 0 Å². The summed E-state index contributed by atoms with van der Waals surface area (Å²) in [5.41, 5.74) is -2.65. The Morgan fingerprint density at radius 1 is 1.32 bits per heavy atom. The zero-order valence-corrected chi connectivity index (χ0v) is 11.3. The fourth-order valence-corrected chi connectivity index (χ4v) is 1.64. The molecular weight excluding hydrogens is 280 g/mol. The highest BCUT2D eigenvalue weighted by molar-refractivity contribution is 7.99. The third kappa shape index (κ3) is 5.05. The molecule has 0 rings (SSSR count). The van der Waals surface area contributed by atoms with Crippen molar-refractivity contribution >= 4 is 29.7 Å². The van der Waals surface area contributed by atoms with Gasteiger partial charge in [0, 0.05) is 6.42 Å². The summed E-state index contributed by atoms with van der Waals surface area (Å²) in [5.74, 6) is -3.45. The summed E-state index contributed by atoms with van der Waals surface area (Å²) in [6, 6.07) is 0. The Balaban J connectivity index is 4.71. The Bertz CT molecular complexity index is 344. The third-order valence-corrected chi connectivity index (χ3v) is 3.17. The van der Waals surface area contributed by atoms with Gasteiger partial charge in [0.1, 0.15) is 0 Å². The predicted molar refractivity (Wildman–Crippen MR) is 64.9 cm³/mol. The minimum absolute atomic E-state index is 0.0285. The smallest absolute Gasteiger partial charge is 0.354 e. The number of carboxylic acid groups (broad SMARTS) is 2. The van der Waals surface area contributed by atoms with Crippen molar-refractivity contribution in [3.8, 4) is 0 Å². The molecule has 0 heterocycles. The highest BCUT2D eigenvalue weighted by Crippen LogP contribution is 2.15. The van der Waals surface area contributed by atoms with Crippen LogP contribution in [0.1, 0.15) is 20.3 Å². The fourth-order valence-electron chi connectivity index (χ4n) is 0.973. The Kier molecular flexibility index (Phi) is 7.42. The molecule has 0 saturated carbocycles. The first-order valence-electron chi connectivity index (χ1n) is 5.37. The summed E-state index contributed by atoms with van der Waals surface area (Å²) in [6.07, 6.45) is -1.46. The van der Waals surface area contributed by atoms with E-state index in [1.54, 1.807) is 0 Å². The van der Waals surface area contributed by atoms with Gasteiger partial charge >= 0.3 is 17.9 Å². The lowest BCUT2D eigenvalue weighted by molar-refractivity contribution is -0.309. The van der Waals surface area contributed by atoms with E-state index in [9.17, 15) is 14.4 Å². The second-order valence-electron chi connectivity index (χ2n) is 3.65. The topological polar surface area (TPSA) is 130 Å². The van der Waals surface area contributed by atoms with E-state index in [0.717, 1.165) is 12.7 Å². The molecule has 0 radical (unpaired) electrons. The van der Waals surface area contributed by atoms with Gasteiger partial charge in [-0.25, -0.2) is 19.3 Å². The van der Waals surface area contributed by atoms with Crippen LogP contribution < -0.4 is 0 Å². The summed E-state index contributed by atoms with van der Waals surface area (Å²) >= 11 is 1.45. The molecule has 110 valence electrons. The lowest BCUT2D eigenvalue weighted by atomic mass is 10.1. The maximum Gasteiger partial charge on any atom is 0.354 e. The zero-order chi connectivity index (χ0) is 15.1. The lowest BCUT2D eigenvalue weighted by Crippen LogP contribution is -2.48. The van der Waals surface area contributed by atoms with Crippen LogP contribution in [0, 0.1) is 0 Å². The van der Waals surface area contributed by atoms with Crippen LogP contribution in [0.25, 0.3) is 0 Å². The van der Waals surface area contributed by atoms with Crippen molar-refractivity contribution in [3.05, 3.63) is 0 Å². The number of hydrogen-bond acceptors (Lipinski definition) is 7. The molecule has 19 heavy (non-hydrogen) atoms. The number of rotatable bonds is 9. The van der Waals surface area contributed by atoms with E-state index in [4.69, 9.17) is 15.5 Å². The lowest BCUT2D eigenvalue weighted by Gasteiger charge is -2.21. The molecule has 2 unspecified atom stereocenters. The molecule has 0 aliphatic rings. The molecule has 0 fully saturated rings. The quantitative estimate of drug-likeness (QED) is 0.182. The van der Waals surface area contributed by atoms with Gasteiger partial charge in [0.2, 0.25) is 0 Å². The van der Waals surface area contributed by atoms with Gasteiger partial charge in [0.25, 0.3) is 5.60 Å². The van der Waals surface area contributed by atoms with Crippen LogP contribution in [-0.4, -0.2) is 56.6 Å². The van der Waals surface area contributed by atoms with Gasteiger partial charge < -0.3 is 14.9 Å². The van der Waals surface area contributed by atoms with Crippen LogP contribution in [0.5, 0.6) is 0 Å². The van der Waals surface area contributed by atoms with Crippen molar-refractivity contribution in [2.24, 2.45) is 0 Å². The summed E-state index contributed by atoms with van der Waals surface area (Å²) in [5, 5.41) is 26.1. The highest BCUT2D eigenvalue weighted by atomic mass is 32.2. The van der Waals surface area contributed by atoms with E-state index in [1.165, 1.54) is 11.8 Å². The maximum absolute atomic E-state index is 11.5. The molecule has 8 nitrogen and oxygen atoms in total. The monoisotopic (exact) mass is 296 g/mol. The van der Waals surface area contributed by atoms with E-state index < -0.39 is 29.6 Å². The SMILES string of the molecule is CCSCCC(OC(=O)C(C)(OO)C(=O)O)C(=O)O. The first-order valence-corrected chi connectivity index (χ1v) is 6.52. The summed E-state index contributed by atoms with van der Waals surface area (Å²) < 4.78 is 4.56. The van der Waals surface area contributed by atoms with Gasteiger partial charge in [-0.3, -0.25) is 5.26 Å². The normalized spacial score (nSPS) is 15.3. The molecular formula is C10H16O8S. The molecule has 0 spiro atoms. The van der Waals surface area contributed by atoms with E-state index in [0.29, 0.717) is 5.75 Å². The first kappa shape index (κ1) is 17.7. The molecule has 2 atom stereocenters. The van der Waals surface area contributed by atoms with Crippen molar-refractivity contribution in [3.63, 3.8) is 0 Å². The molecule has 3 N–H and O–H groups in total. The van der Waals surface area contributed by atoms with E-state index in [1.807, 2.05) is 6.92 Å². The number of hydrogen-bond donors (Lipinski definition) is 3. The highest BCUT2D eigenvalue weighted by Gasteiger charge is 2.47. The van der Waals surface area contributed by atoms with Crippen molar-refractivity contribution < 1.29 is 39.5 Å². The number of aliphatic carboxylic acids is 2. The Hall–Kier alpha value is -1.32. The number of thioether (sulfide) groups is 1.